The molecule has 0 unspecified atom stereocenters. The summed E-state index contributed by atoms with van der Waals surface area (Å²) in [6.07, 6.45) is 3.00. The van der Waals surface area contributed by atoms with Crippen molar-refractivity contribution >= 4 is 17.3 Å². The molecule has 3 aromatic heterocycles. The largest absolute Gasteiger partial charge is 0.383 e. The number of anilines is 2. The summed E-state index contributed by atoms with van der Waals surface area (Å²) < 4.78 is 8.19. The van der Waals surface area contributed by atoms with Crippen molar-refractivity contribution in [1.29, 1.82) is 5.26 Å². The van der Waals surface area contributed by atoms with Crippen molar-refractivity contribution in [2.45, 2.75) is 33.2 Å². The van der Waals surface area contributed by atoms with Gasteiger partial charge in [-0.25, -0.2) is 4.98 Å². The van der Waals surface area contributed by atoms with Crippen LogP contribution in [-0.4, -0.2) is 39.4 Å². The van der Waals surface area contributed by atoms with Crippen LogP contribution in [-0.2, 0) is 24.1 Å². The number of ether oxygens (including phenoxy) is 1. The molecular formula is C20H25N7O2. The highest BCUT2D eigenvalue weighted by atomic mass is 16.5. The fourth-order valence-corrected chi connectivity index (χ4v) is 3.33. The molecule has 0 atom stereocenters. The molecule has 0 aliphatic rings. The zero-order valence-electron chi connectivity index (χ0n) is 16.9. The molecule has 3 heterocycles. The van der Waals surface area contributed by atoms with E-state index in [1.807, 2.05) is 19.9 Å². The van der Waals surface area contributed by atoms with Gasteiger partial charge in [0.2, 0.25) is 0 Å². The third-order valence-corrected chi connectivity index (χ3v) is 4.88. The van der Waals surface area contributed by atoms with E-state index in [2.05, 4.69) is 21.5 Å². The molecule has 3 N–H and O–H groups in total. The lowest BCUT2D eigenvalue weighted by molar-refractivity contribution is 0.186. The SMILES string of the molecule is CCc1c(C)nn2c(N)c(C#N)c(NCCc3cccn(CCOC)c3=O)nc12. The fraction of sp³-hybridized carbons (Fsp3) is 0.400. The molecular weight excluding hydrogens is 370 g/mol. The Kier molecular flexibility index (Phi) is 6.14. The first kappa shape index (κ1) is 20.4. The number of nitrogens with two attached hydrogens (primary N) is 1. The number of aromatic nitrogens is 4. The van der Waals surface area contributed by atoms with Crippen molar-refractivity contribution in [3.05, 3.63) is 51.1 Å². The number of pyridine rings is 1. The minimum atomic E-state index is -0.0468. The maximum absolute atomic E-state index is 12.5. The van der Waals surface area contributed by atoms with Crippen LogP contribution in [0, 0.1) is 18.3 Å². The van der Waals surface area contributed by atoms with Crippen LogP contribution in [0.2, 0.25) is 0 Å². The average molecular weight is 395 g/mol. The van der Waals surface area contributed by atoms with Crippen LogP contribution < -0.4 is 16.6 Å². The molecule has 0 aliphatic carbocycles. The molecule has 0 saturated carbocycles. The minimum Gasteiger partial charge on any atom is -0.383 e. The monoisotopic (exact) mass is 395 g/mol. The summed E-state index contributed by atoms with van der Waals surface area (Å²) in [7, 11) is 1.60. The Morgan fingerprint density at radius 2 is 2.21 bits per heavy atom. The number of nitriles is 1. The molecule has 9 nitrogen and oxygen atoms in total. The number of hydrogen-bond acceptors (Lipinski definition) is 7. The molecule has 3 aromatic rings. The van der Waals surface area contributed by atoms with Gasteiger partial charge in [-0.15, -0.1) is 0 Å². The summed E-state index contributed by atoms with van der Waals surface area (Å²) >= 11 is 0. The third kappa shape index (κ3) is 3.93. The first-order valence-corrected chi connectivity index (χ1v) is 9.50. The zero-order chi connectivity index (χ0) is 21.0. The van der Waals surface area contributed by atoms with E-state index in [1.165, 1.54) is 4.52 Å². The van der Waals surface area contributed by atoms with Gasteiger partial charge in [0, 0.05) is 37.5 Å². The number of hydrogen-bond donors (Lipinski definition) is 2. The van der Waals surface area contributed by atoms with E-state index in [-0.39, 0.29) is 16.9 Å². The maximum Gasteiger partial charge on any atom is 0.253 e. The van der Waals surface area contributed by atoms with Gasteiger partial charge in [-0.2, -0.15) is 14.9 Å². The number of nitrogen functional groups attached to an aromatic ring is 1. The molecule has 0 radical (unpaired) electrons. The Morgan fingerprint density at radius 3 is 2.90 bits per heavy atom. The van der Waals surface area contributed by atoms with E-state index in [9.17, 15) is 10.1 Å². The van der Waals surface area contributed by atoms with Crippen molar-refractivity contribution in [2.24, 2.45) is 0 Å². The number of rotatable bonds is 8. The molecule has 0 aliphatic heterocycles. The average Bonchev–Trinajstić information content (AvgIpc) is 3.04. The first-order valence-electron chi connectivity index (χ1n) is 9.50. The van der Waals surface area contributed by atoms with Gasteiger partial charge in [0.05, 0.1) is 12.3 Å². The normalized spacial score (nSPS) is 11.0. The number of aryl methyl sites for hydroxylation is 2. The van der Waals surface area contributed by atoms with Crippen molar-refractivity contribution in [3.63, 3.8) is 0 Å². The molecule has 0 amide bonds. The Bertz CT molecular complexity index is 1120. The van der Waals surface area contributed by atoms with E-state index in [0.29, 0.717) is 43.1 Å². The van der Waals surface area contributed by atoms with Gasteiger partial charge in [0.1, 0.15) is 23.3 Å². The van der Waals surface area contributed by atoms with Crippen LogP contribution in [0.15, 0.2) is 23.1 Å². The quantitative estimate of drug-likeness (QED) is 0.592. The lowest BCUT2D eigenvalue weighted by Crippen LogP contribution is -2.26. The molecule has 152 valence electrons. The second-order valence-electron chi connectivity index (χ2n) is 6.69. The smallest absolute Gasteiger partial charge is 0.253 e. The first-order chi connectivity index (χ1) is 14.0. The predicted molar refractivity (Wildman–Crippen MR) is 111 cm³/mol. The molecule has 0 bridgehead atoms. The highest BCUT2D eigenvalue weighted by Gasteiger charge is 2.18. The van der Waals surface area contributed by atoms with Gasteiger partial charge in [-0.1, -0.05) is 13.0 Å². The number of fused-ring (bicyclic) bond motifs is 1. The summed E-state index contributed by atoms with van der Waals surface area (Å²) in [4.78, 5) is 17.1. The Morgan fingerprint density at radius 1 is 1.41 bits per heavy atom. The van der Waals surface area contributed by atoms with E-state index >= 15 is 0 Å². The second-order valence-corrected chi connectivity index (χ2v) is 6.69. The summed E-state index contributed by atoms with van der Waals surface area (Å²) in [5.74, 6) is 0.659. The fourth-order valence-electron chi connectivity index (χ4n) is 3.33. The van der Waals surface area contributed by atoms with Gasteiger partial charge in [0.25, 0.3) is 5.56 Å². The summed E-state index contributed by atoms with van der Waals surface area (Å²) in [5.41, 5.74) is 9.53. The minimum absolute atomic E-state index is 0.0468. The maximum atomic E-state index is 12.5. The second kappa shape index (κ2) is 8.75. The Balaban J connectivity index is 1.84. The molecule has 3 rings (SSSR count). The molecule has 9 heteroatoms. The molecule has 29 heavy (non-hydrogen) atoms. The van der Waals surface area contributed by atoms with Crippen LogP contribution in [0.25, 0.3) is 5.65 Å². The lowest BCUT2D eigenvalue weighted by Gasteiger charge is -2.11. The van der Waals surface area contributed by atoms with Gasteiger partial charge in [-0.05, 0) is 25.8 Å². The van der Waals surface area contributed by atoms with Crippen molar-refractivity contribution in [1.82, 2.24) is 19.2 Å². The van der Waals surface area contributed by atoms with Crippen molar-refractivity contribution in [2.75, 3.05) is 31.3 Å². The topological polar surface area (TPSA) is 123 Å². The third-order valence-electron chi connectivity index (χ3n) is 4.88. The van der Waals surface area contributed by atoms with Crippen LogP contribution in [0.1, 0.15) is 29.3 Å². The van der Waals surface area contributed by atoms with E-state index in [4.69, 9.17) is 10.5 Å². The van der Waals surface area contributed by atoms with Crippen LogP contribution in [0.3, 0.4) is 0 Å². The lowest BCUT2D eigenvalue weighted by atomic mass is 10.2. The van der Waals surface area contributed by atoms with Gasteiger partial charge < -0.3 is 20.4 Å². The van der Waals surface area contributed by atoms with E-state index in [0.717, 1.165) is 17.7 Å². The number of methoxy groups -OCH3 is 1. The van der Waals surface area contributed by atoms with Crippen LogP contribution >= 0.6 is 0 Å². The highest BCUT2D eigenvalue weighted by Crippen LogP contribution is 2.24. The number of nitrogens with one attached hydrogen (secondary N) is 1. The number of nitrogens with zero attached hydrogens (tertiary/aromatic N) is 5. The van der Waals surface area contributed by atoms with Gasteiger partial charge in [0.15, 0.2) is 5.65 Å². The summed E-state index contributed by atoms with van der Waals surface area (Å²) in [6, 6.07) is 5.75. The molecule has 0 spiro atoms. The van der Waals surface area contributed by atoms with Crippen LogP contribution in [0.5, 0.6) is 0 Å². The van der Waals surface area contributed by atoms with Crippen LogP contribution in [0.4, 0.5) is 11.6 Å². The van der Waals surface area contributed by atoms with Gasteiger partial charge >= 0.3 is 0 Å². The van der Waals surface area contributed by atoms with Crippen molar-refractivity contribution < 1.29 is 4.74 Å². The predicted octanol–water partition coefficient (Wildman–Crippen LogP) is 1.52. The van der Waals surface area contributed by atoms with E-state index in [1.54, 1.807) is 23.9 Å². The molecule has 0 fully saturated rings. The Hall–Kier alpha value is -3.38. The van der Waals surface area contributed by atoms with E-state index < -0.39 is 0 Å². The highest BCUT2D eigenvalue weighted by molar-refractivity contribution is 5.69. The Labute approximate surface area is 168 Å². The molecule has 0 aromatic carbocycles. The zero-order valence-corrected chi connectivity index (χ0v) is 16.9. The molecule has 0 saturated heterocycles. The van der Waals surface area contributed by atoms with Crippen molar-refractivity contribution in [3.8, 4) is 6.07 Å². The standard InChI is InChI=1S/C20H25N7O2/c1-4-15-13(2)25-27-17(22)16(12-21)18(24-19(15)27)23-8-7-14-6-5-9-26(20(14)28)10-11-29-3/h5-6,9H,4,7-8,10-11,22H2,1-3H3,(H,23,24). The summed E-state index contributed by atoms with van der Waals surface area (Å²) in [5, 5.41) is 17.1. The van der Waals surface area contributed by atoms with Gasteiger partial charge in [-0.3, -0.25) is 4.79 Å². The summed E-state index contributed by atoms with van der Waals surface area (Å²) in [6.45, 7) is 5.34.